The van der Waals surface area contributed by atoms with Gasteiger partial charge < -0.3 is 4.90 Å². The van der Waals surface area contributed by atoms with E-state index in [4.69, 9.17) is 4.98 Å². The number of hydrogen-bond acceptors (Lipinski definition) is 4. The molecule has 2 aromatic rings. The molecule has 1 aliphatic rings. The summed E-state index contributed by atoms with van der Waals surface area (Å²) in [6.07, 6.45) is 5.67. The zero-order valence-corrected chi connectivity index (χ0v) is 17.9. The summed E-state index contributed by atoms with van der Waals surface area (Å²) in [5, 5.41) is 0.862. The first-order chi connectivity index (χ1) is 12.0. The molecule has 1 fully saturated rings. The zero-order chi connectivity index (χ0) is 18.0. The maximum absolute atomic E-state index is 13.2. The molecule has 144 valence electrons. The lowest BCUT2D eigenvalue weighted by Gasteiger charge is -2.28. The summed E-state index contributed by atoms with van der Waals surface area (Å²) in [6, 6.07) is 4.34. The molecule has 0 unspecified atom stereocenters. The molecule has 0 radical (unpaired) electrons. The molecule has 0 saturated heterocycles. The number of amides is 1. The Balaban J connectivity index is 0.00000243. The number of fused-ring (bicyclic) bond motifs is 1. The normalized spacial score (nSPS) is 15.3. The molecular formula is C20H30ClN3OS. The van der Waals surface area contributed by atoms with Crippen molar-refractivity contribution in [3.8, 4) is 0 Å². The minimum absolute atomic E-state index is 0. The Bertz CT molecular complexity index is 753. The number of thiazole rings is 1. The zero-order valence-electron chi connectivity index (χ0n) is 16.2. The van der Waals surface area contributed by atoms with E-state index in [0.29, 0.717) is 6.54 Å². The Morgan fingerprint density at radius 1 is 1.15 bits per heavy atom. The standard InChI is InChI=1S/C20H29N3OS.ClH/c1-14-12-15(2)18-17(13-14)25-20(21-18)23(11-10-22(3)4)19(24)16-8-6-5-7-9-16;/h12-13,16H,5-11H2,1-4H3;1H. The molecule has 0 N–H and O–H groups in total. The number of likely N-dealkylation sites (N-methyl/N-ethyl adjacent to an activating group) is 1. The minimum atomic E-state index is 0. The van der Waals surface area contributed by atoms with E-state index in [1.807, 2.05) is 4.90 Å². The van der Waals surface area contributed by atoms with Crippen LogP contribution in [0.5, 0.6) is 0 Å². The number of hydrogen-bond donors (Lipinski definition) is 0. The lowest BCUT2D eigenvalue weighted by Crippen LogP contribution is -2.41. The summed E-state index contributed by atoms with van der Waals surface area (Å²) >= 11 is 1.65. The van der Waals surface area contributed by atoms with E-state index in [1.165, 1.54) is 35.1 Å². The average Bonchev–Trinajstić information content (AvgIpc) is 2.99. The van der Waals surface area contributed by atoms with Crippen LogP contribution in [0.1, 0.15) is 43.2 Å². The highest BCUT2D eigenvalue weighted by Gasteiger charge is 2.28. The van der Waals surface area contributed by atoms with E-state index in [-0.39, 0.29) is 24.2 Å². The summed E-state index contributed by atoms with van der Waals surface area (Å²) in [7, 11) is 4.10. The third kappa shape index (κ3) is 4.76. The fraction of sp³-hybridized carbons (Fsp3) is 0.600. The van der Waals surface area contributed by atoms with Gasteiger partial charge in [0.1, 0.15) is 0 Å². The fourth-order valence-corrected chi connectivity index (χ4v) is 4.82. The van der Waals surface area contributed by atoms with E-state index >= 15 is 0 Å². The van der Waals surface area contributed by atoms with Crippen molar-refractivity contribution in [3.05, 3.63) is 23.3 Å². The Morgan fingerprint density at radius 3 is 2.50 bits per heavy atom. The second-order valence-electron chi connectivity index (χ2n) is 7.55. The SMILES string of the molecule is Cc1cc(C)c2nc(N(CCN(C)C)C(=O)C3CCCCC3)sc2c1.Cl. The van der Waals surface area contributed by atoms with Crippen molar-refractivity contribution in [2.45, 2.75) is 46.0 Å². The summed E-state index contributed by atoms with van der Waals surface area (Å²) in [5.41, 5.74) is 3.48. The Morgan fingerprint density at radius 2 is 1.85 bits per heavy atom. The molecule has 0 atom stereocenters. The van der Waals surface area contributed by atoms with Gasteiger partial charge in [-0.2, -0.15) is 0 Å². The van der Waals surface area contributed by atoms with Crippen LogP contribution in [0.3, 0.4) is 0 Å². The smallest absolute Gasteiger partial charge is 0.231 e. The lowest BCUT2D eigenvalue weighted by atomic mass is 9.88. The molecule has 1 saturated carbocycles. The number of benzene rings is 1. The summed E-state index contributed by atoms with van der Waals surface area (Å²) < 4.78 is 1.18. The highest BCUT2D eigenvalue weighted by molar-refractivity contribution is 7.22. The van der Waals surface area contributed by atoms with Crippen molar-refractivity contribution in [2.75, 3.05) is 32.1 Å². The number of carbonyl (C=O) groups is 1. The highest BCUT2D eigenvalue weighted by atomic mass is 35.5. The van der Waals surface area contributed by atoms with Gasteiger partial charge >= 0.3 is 0 Å². The number of halogens is 1. The van der Waals surface area contributed by atoms with Crippen molar-refractivity contribution >= 4 is 45.0 Å². The first-order valence-electron chi connectivity index (χ1n) is 9.29. The molecule has 1 aliphatic carbocycles. The molecule has 26 heavy (non-hydrogen) atoms. The molecular weight excluding hydrogens is 366 g/mol. The van der Waals surface area contributed by atoms with Crippen molar-refractivity contribution in [1.82, 2.24) is 9.88 Å². The second kappa shape index (κ2) is 9.16. The molecule has 1 aromatic carbocycles. The molecule has 3 rings (SSSR count). The summed E-state index contributed by atoms with van der Waals surface area (Å²) in [4.78, 5) is 22.1. The van der Waals surface area contributed by atoms with Crippen LogP contribution in [0.15, 0.2) is 12.1 Å². The molecule has 0 bridgehead atoms. The van der Waals surface area contributed by atoms with Crippen LogP contribution < -0.4 is 4.90 Å². The molecule has 0 aliphatic heterocycles. The monoisotopic (exact) mass is 395 g/mol. The van der Waals surface area contributed by atoms with Gasteiger partial charge in [0, 0.05) is 19.0 Å². The molecule has 4 nitrogen and oxygen atoms in total. The van der Waals surface area contributed by atoms with Crippen LogP contribution in [0, 0.1) is 19.8 Å². The van der Waals surface area contributed by atoms with Crippen molar-refractivity contribution in [1.29, 1.82) is 0 Å². The van der Waals surface area contributed by atoms with Crippen LogP contribution >= 0.6 is 23.7 Å². The van der Waals surface area contributed by atoms with Gasteiger partial charge in [-0.05, 0) is 58.0 Å². The number of nitrogens with zero attached hydrogens (tertiary/aromatic N) is 3. The third-order valence-corrected chi connectivity index (χ3v) is 6.07. The molecule has 1 heterocycles. The van der Waals surface area contributed by atoms with Gasteiger partial charge in [0.15, 0.2) is 5.13 Å². The highest BCUT2D eigenvalue weighted by Crippen LogP contribution is 2.34. The van der Waals surface area contributed by atoms with Crippen LogP contribution in [-0.4, -0.2) is 43.0 Å². The third-order valence-electron chi connectivity index (χ3n) is 5.04. The summed E-state index contributed by atoms with van der Waals surface area (Å²) in [5.74, 6) is 0.445. The largest absolute Gasteiger partial charge is 0.308 e. The van der Waals surface area contributed by atoms with Crippen molar-refractivity contribution < 1.29 is 4.79 Å². The van der Waals surface area contributed by atoms with Gasteiger partial charge in [0.05, 0.1) is 10.2 Å². The number of carbonyl (C=O) groups excluding carboxylic acids is 1. The maximum Gasteiger partial charge on any atom is 0.231 e. The number of aryl methyl sites for hydroxylation is 2. The topological polar surface area (TPSA) is 36.4 Å². The van der Waals surface area contributed by atoms with Crippen LogP contribution in [-0.2, 0) is 4.79 Å². The van der Waals surface area contributed by atoms with E-state index in [2.05, 4.69) is 45.0 Å². The average molecular weight is 396 g/mol. The number of rotatable bonds is 5. The van der Waals surface area contributed by atoms with Gasteiger partial charge in [0.2, 0.25) is 5.91 Å². The quantitative estimate of drug-likeness (QED) is 0.728. The van der Waals surface area contributed by atoms with Gasteiger partial charge in [0.25, 0.3) is 0 Å². The van der Waals surface area contributed by atoms with Gasteiger partial charge in [-0.15, -0.1) is 12.4 Å². The molecule has 0 spiro atoms. The predicted molar refractivity (Wildman–Crippen MR) is 114 cm³/mol. The predicted octanol–water partition coefficient (Wildman–Crippen LogP) is 4.81. The van der Waals surface area contributed by atoms with Crippen LogP contribution in [0.2, 0.25) is 0 Å². The van der Waals surface area contributed by atoms with Gasteiger partial charge in [-0.3, -0.25) is 9.69 Å². The van der Waals surface area contributed by atoms with Crippen molar-refractivity contribution in [2.24, 2.45) is 5.92 Å². The maximum atomic E-state index is 13.2. The first-order valence-corrected chi connectivity index (χ1v) is 10.1. The van der Waals surface area contributed by atoms with Crippen LogP contribution in [0.4, 0.5) is 5.13 Å². The van der Waals surface area contributed by atoms with E-state index in [9.17, 15) is 4.79 Å². The molecule has 6 heteroatoms. The van der Waals surface area contributed by atoms with E-state index in [1.54, 1.807) is 11.3 Å². The minimum Gasteiger partial charge on any atom is -0.308 e. The lowest BCUT2D eigenvalue weighted by molar-refractivity contribution is -0.123. The van der Waals surface area contributed by atoms with Crippen LogP contribution in [0.25, 0.3) is 10.2 Å². The Hall–Kier alpha value is -1.17. The Kier molecular flexibility index (Phi) is 7.44. The van der Waals surface area contributed by atoms with E-state index < -0.39 is 0 Å². The fourth-order valence-electron chi connectivity index (χ4n) is 3.64. The van der Waals surface area contributed by atoms with E-state index in [0.717, 1.165) is 30.0 Å². The molecule has 1 aromatic heterocycles. The van der Waals surface area contributed by atoms with Crippen molar-refractivity contribution in [3.63, 3.8) is 0 Å². The number of anilines is 1. The Labute approximate surface area is 167 Å². The van der Waals surface area contributed by atoms with Gasteiger partial charge in [-0.1, -0.05) is 36.7 Å². The molecule has 1 amide bonds. The summed E-state index contributed by atoms with van der Waals surface area (Å²) in [6.45, 7) is 5.78. The second-order valence-corrected chi connectivity index (χ2v) is 8.56. The van der Waals surface area contributed by atoms with Gasteiger partial charge in [-0.25, -0.2) is 4.98 Å². The first kappa shape index (κ1) is 21.1. The number of aromatic nitrogens is 1.